The average molecular weight is 289 g/mol. The minimum Gasteiger partial charge on any atom is -0.355 e. The molecule has 6 nitrogen and oxygen atoms in total. The van der Waals surface area contributed by atoms with Crippen LogP contribution in [0.5, 0.6) is 0 Å². The van der Waals surface area contributed by atoms with Crippen molar-refractivity contribution in [3.8, 4) is 0 Å². The van der Waals surface area contributed by atoms with Gasteiger partial charge in [0.25, 0.3) is 0 Å². The molecule has 114 valence electrons. The van der Waals surface area contributed by atoms with E-state index in [1.165, 1.54) is 0 Å². The van der Waals surface area contributed by atoms with E-state index in [4.69, 9.17) is 5.73 Å². The Morgan fingerprint density at radius 2 is 2.05 bits per heavy atom. The molecule has 2 fully saturated rings. The third-order valence-electron chi connectivity index (χ3n) is 4.53. The lowest BCUT2D eigenvalue weighted by atomic mass is 9.78. The molecule has 0 aromatic carbocycles. The zero-order valence-electron chi connectivity index (χ0n) is 12.5. The topological polar surface area (TPSA) is 75.4 Å². The number of amides is 1. The predicted octanol–water partition coefficient (Wildman–Crippen LogP) is 0.740. The third-order valence-corrected chi connectivity index (χ3v) is 4.53. The van der Waals surface area contributed by atoms with Gasteiger partial charge in [-0.15, -0.1) is 0 Å². The average Bonchev–Trinajstić information content (AvgIpc) is 2.70. The van der Waals surface area contributed by atoms with Crippen LogP contribution in [0.15, 0.2) is 12.4 Å². The van der Waals surface area contributed by atoms with Crippen molar-refractivity contribution >= 4 is 11.7 Å². The summed E-state index contributed by atoms with van der Waals surface area (Å²) in [7, 11) is 0. The van der Waals surface area contributed by atoms with Crippen LogP contribution in [0.3, 0.4) is 0 Å². The minimum atomic E-state index is 0.156. The molecular weight excluding hydrogens is 266 g/mol. The summed E-state index contributed by atoms with van der Waals surface area (Å²) in [6.07, 6.45) is 4.68. The number of aromatic nitrogens is 2. The van der Waals surface area contributed by atoms with E-state index in [-0.39, 0.29) is 5.91 Å². The zero-order valence-corrected chi connectivity index (χ0v) is 12.5. The third kappa shape index (κ3) is 3.15. The van der Waals surface area contributed by atoms with E-state index >= 15 is 0 Å². The summed E-state index contributed by atoms with van der Waals surface area (Å²) < 4.78 is 0. The molecule has 0 bridgehead atoms. The van der Waals surface area contributed by atoms with E-state index in [1.54, 1.807) is 13.3 Å². The van der Waals surface area contributed by atoms with Crippen LogP contribution in [0.2, 0.25) is 0 Å². The number of anilines is 1. The molecule has 1 saturated heterocycles. The number of rotatable bonds is 2. The fourth-order valence-electron chi connectivity index (χ4n) is 3.12. The summed E-state index contributed by atoms with van der Waals surface area (Å²) in [5.74, 6) is 1.62. The summed E-state index contributed by atoms with van der Waals surface area (Å²) in [6.45, 7) is 5.01. The molecule has 3 rings (SSSR count). The van der Waals surface area contributed by atoms with E-state index in [0.29, 0.717) is 12.0 Å². The molecule has 0 radical (unpaired) electrons. The van der Waals surface area contributed by atoms with E-state index < -0.39 is 0 Å². The van der Waals surface area contributed by atoms with Crippen LogP contribution in [0.4, 0.5) is 5.82 Å². The maximum absolute atomic E-state index is 11.5. The Hall–Kier alpha value is -1.69. The number of nitrogens with two attached hydrogens (primary N) is 1. The van der Waals surface area contributed by atoms with Gasteiger partial charge in [-0.3, -0.25) is 4.79 Å². The summed E-state index contributed by atoms with van der Waals surface area (Å²) in [5, 5.41) is 0. The lowest BCUT2D eigenvalue weighted by molar-refractivity contribution is -0.128. The molecule has 2 aliphatic rings. The quantitative estimate of drug-likeness (QED) is 0.869. The van der Waals surface area contributed by atoms with Crippen molar-refractivity contribution in [1.29, 1.82) is 0 Å². The highest BCUT2D eigenvalue weighted by molar-refractivity contribution is 5.73. The molecule has 1 aromatic heterocycles. The Kier molecular flexibility index (Phi) is 4.05. The SMILES string of the molecule is CC(=O)N1CCCN(c2cc(C3CC(N)C3)ncn2)CC1. The van der Waals surface area contributed by atoms with Crippen molar-refractivity contribution in [2.45, 2.75) is 38.1 Å². The normalized spacial score (nSPS) is 26.2. The molecule has 1 aliphatic heterocycles. The molecule has 1 aliphatic carbocycles. The monoisotopic (exact) mass is 289 g/mol. The van der Waals surface area contributed by atoms with Gasteiger partial charge in [0.1, 0.15) is 12.1 Å². The predicted molar refractivity (Wildman–Crippen MR) is 81.1 cm³/mol. The second-order valence-corrected chi connectivity index (χ2v) is 6.08. The van der Waals surface area contributed by atoms with Crippen LogP contribution in [0.1, 0.15) is 37.8 Å². The molecule has 2 N–H and O–H groups in total. The van der Waals surface area contributed by atoms with Crippen LogP contribution < -0.4 is 10.6 Å². The standard InChI is InChI=1S/C15H23N5O/c1-11(21)19-3-2-4-20(6-5-19)15-9-14(17-10-18-15)12-7-13(16)8-12/h9-10,12-13H,2-8,16H2,1H3. The van der Waals surface area contributed by atoms with Gasteiger partial charge in [-0.25, -0.2) is 9.97 Å². The first-order chi connectivity index (χ1) is 10.1. The molecular formula is C15H23N5O. The van der Waals surface area contributed by atoms with Gasteiger partial charge in [0.15, 0.2) is 0 Å². The largest absolute Gasteiger partial charge is 0.355 e. The van der Waals surface area contributed by atoms with E-state index in [0.717, 1.165) is 57.0 Å². The highest BCUT2D eigenvalue weighted by Crippen LogP contribution is 2.35. The summed E-state index contributed by atoms with van der Waals surface area (Å²) >= 11 is 0. The van der Waals surface area contributed by atoms with Crippen molar-refractivity contribution in [2.75, 3.05) is 31.1 Å². The van der Waals surface area contributed by atoms with Gasteiger partial charge in [0.2, 0.25) is 5.91 Å². The van der Waals surface area contributed by atoms with Crippen LogP contribution in [-0.4, -0.2) is 53.0 Å². The fraction of sp³-hybridized carbons (Fsp3) is 0.667. The van der Waals surface area contributed by atoms with Gasteiger partial charge in [0.05, 0.1) is 0 Å². The first kappa shape index (κ1) is 14.3. The highest BCUT2D eigenvalue weighted by atomic mass is 16.2. The summed E-state index contributed by atoms with van der Waals surface area (Å²) in [6, 6.07) is 2.43. The van der Waals surface area contributed by atoms with Crippen molar-refractivity contribution in [3.05, 3.63) is 18.1 Å². The maximum atomic E-state index is 11.5. The molecule has 0 atom stereocenters. The van der Waals surface area contributed by atoms with Crippen LogP contribution >= 0.6 is 0 Å². The van der Waals surface area contributed by atoms with Gasteiger partial charge in [-0.05, 0) is 19.3 Å². The molecule has 21 heavy (non-hydrogen) atoms. The van der Waals surface area contributed by atoms with Gasteiger partial charge >= 0.3 is 0 Å². The van der Waals surface area contributed by atoms with Crippen LogP contribution in [0.25, 0.3) is 0 Å². The molecule has 1 amide bonds. The second-order valence-electron chi connectivity index (χ2n) is 6.08. The van der Waals surface area contributed by atoms with Gasteiger partial charge < -0.3 is 15.5 Å². The van der Waals surface area contributed by atoms with Crippen molar-refractivity contribution in [3.63, 3.8) is 0 Å². The van der Waals surface area contributed by atoms with E-state index in [1.807, 2.05) is 4.90 Å². The number of carbonyl (C=O) groups is 1. The number of hydrogen-bond donors (Lipinski definition) is 1. The second kappa shape index (κ2) is 5.97. The number of carbonyl (C=O) groups excluding carboxylic acids is 1. The van der Waals surface area contributed by atoms with E-state index in [2.05, 4.69) is 20.9 Å². The molecule has 1 saturated carbocycles. The summed E-state index contributed by atoms with van der Waals surface area (Å²) in [4.78, 5) is 24.5. The first-order valence-corrected chi connectivity index (χ1v) is 7.71. The Labute approximate surface area is 125 Å². The minimum absolute atomic E-state index is 0.156. The number of nitrogens with zero attached hydrogens (tertiary/aromatic N) is 4. The highest BCUT2D eigenvalue weighted by Gasteiger charge is 2.29. The molecule has 0 spiro atoms. The Morgan fingerprint density at radius 1 is 1.24 bits per heavy atom. The molecule has 1 aromatic rings. The van der Waals surface area contributed by atoms with Crippen molar-refractivity contribution < 1.29 is 4.79 Å². The van der Waals surface area contributed by atoms with Crippen molar-refractivity contribution in [2.24, 2.45) is 5.73 Å². The lowest BCUT2D eigenvalue weighted by Crippen LogP contribution is -2.36. The lowest BCUT2D eigenvalue weighted by Gasteiger charge is -2.32. The Bertz CT molecular complexity index is 515. The Balaban J connectivity index is 1.69. The molecule has 0 unspecified atom stereocenters. The van der Waals surface area contributed by atoms with Gasteiger partial charge in [0, 0.05) is 56.8 Å². The zero-order chi connectivity index (χ0) is 14.8. The van der Waals surface area contributed by atoms with Gasteiger partial charge in [-0.2, -0.15) is 0 Å². The maximum Gasteiger partial charge on any atom is 0.219 e. The van der Waals surface area contributed by atoms with Crippen molar-refractivity contribution in [1.82, 2.24) is 14.9 Å². The van der Waals surface area contributed by atoms with Gasteiger partial charge in [-0.1, -0.05) is 0 Å². The van der Waals surface area contributed by atoms with Crippen LogP contribution in [0, 0.1) is 0 Å². The van der Waals surface area contributed by atoms with Crippen LogP contribution in [-0.2, 0) is 4.79 Å². The fourth-order valence-corrected chi connectivity index (χ4v) is 3.12. The smallest absolute Gasteiger partial charge is 0.219 e. The summed E-state index contributed by atoms with van der Waals surface area (Å²) in [5.41, 5.74) is 6.97. The number of hydrogen-bond acceptors (Lipinski definition) is 5. The van der Waals surface area contributed by atoms with E-state index in [9.17, 15) is 4.79 Å². The molecule has 6 heteroatoms. The molecule has 2 heterocycles. The Morgan fingerprint density at radius 3 is 2.76 bits per heavy atom. The first-order valence-electron chi connectivity index (χ1n) is 7.71.